The summed E-state index contributed by atoms with van der Waals surface area (Å²) in [6.07, 6.45) is 4.00. The van der Waals surface area contributed by atoms with Crippen LogP contribution in [-0.4, -0.2) is 36.3 Å². The third-order valence-electron chi connectivity index (χ3n) is 4.03. The summed E-state index contributed by atoms with van der Waals surface area (Å²) < 4.78 is 1.56. The Bertz CT molecular complexity index is 808. The fourth-order valence-electron chi connectivity index (χ4n) is 2.66. The summed E-state index contributed by atoms with van der Waals surface area (Å²) in [4.78, 5) is 12.2. The monoisotopic (exact) mass is 339 g/mol. The van der Waals surface area contributed by atoms with Gasteiger partial charge < -0.3 is 5.32 Å². The highest BCUT2D eigenvalue weighted by molar-refractivity contribution is 5.91. The van der Waals surface area contributed by atoms with Crippen molar-refractivity contribution in [1.29, 1.82) is 0 Å². The minimum atomic E-state index is -0.101. The van der Waals surface area contributed by atoms with Crippen molar-refractivity contribution in [2.75, 3.05) is 5.32 Å². The maximum absolute atomic E-state index is 12.2. The zero-order valence-corrected chi connectivity index (χ0v) is 14.3. The molecule has 2 heterocycles. The van der Waals surface area contributed by atoms with Gasteiger partial charge in [0.05, 0.1) is 12.1 Å². The summed E-state index contributed by atoms with van der Waals surface area (Å²) >= 11 is 0. The van der Waals surface area contributed by atoms with Gasteiger partial charge in [0.1, 0.15) is 6.33 Å². The Balaban J connectivity index is 1.57. The Morgan fingerprint density at radius 1 is 1.32 bits per heavy atom. The van der Waals surface area contributed by atoms with Gasteiger partial charge in [0, 0.05) is 11.8 Å². The van der Waals surface area contributed by atoms with Crippen molar-refractivity contribution in [1.82, 2.24) is 30.4 Å². The van der Waals surface area contributed by atoms with Crippen LogP contribution in [0, 0.1) is 0 Å². The van der Waals surface area contributed by atoms with E-state index in [4.69, 9.17) is 0 Å². The normalized spacial score (nSPS) is 12.1. The van der Waals surface area contributed by atoms with Gasteiger partial charge in [-0.1, -0.05) is 32.4 Å². The molecule has 3 rings (SSSR count). The van der Waals surface area contributed by atoms with E-state index in [-0.39, 0.29) is 12.3 Å². The molecule has 0 unspecified atom stereocenters. The number of nitrogens with one attached hydrogen (secondary N) is 2. The van der Waals surface area contributed by atoms with Crippen molar-refractivity contribution in [2.45, 2.75) is 39.0 Å². The molecule has 0 saturated heterocycles. The fourth-order valence-corrected chi connectivity index (χ4v) is 2.66. The predicted molar refractivity (Wildman–Crippen MR) is 93.4 cm³/mol. The fraction of sp³-hybridized carbons (Fsp3) is 0.353. The Morgan fingerprint density at radius 3 is 2.80 bits per heavy atom. The van der Waals surface area contributed by atoms with Crippen molar-refractivity contribution < 1.29 is 4.79 Å². The number of carbonyl (C=O) groups excluding carboxylic acids is 1. The van der Waals surface area contributed by atoms with E-state index in [0.717, 1.165) is 29.8 Å². The first-order valence-electron chi connectivity index (χ1n) is 8.33. The summed E-state index contributed by atoms with van der Waals surface area (Å²) in [5, 5.41) is 21.0. The molecule has 3 aromatic rings. The van der Waals surface area contributed by atoms with Crippen LogP contribution in [0.1, 0.15) is 43.9 Å². The van der Waals surface area contributed by atoms with Gasteiger partial charge in [-0.2, -0.15) is 5.10 Å². The molecule has 0 aliphatic rings. The number of hydrogen-bond donors (Lipinski definition) is 2. The third kappa shape index (κ3) is 4.28. The highest BCUT2D eigenvalue weighted by Crippen LogP contribution is 2.20. The topological polar surface area (TPSA) is 101 Å². The first kappa shape index (κ1) is 16.8. The largest absolute Gasteiger partial charge is 0.309 e. The molecule has 0 saturated carbocycles. The van der Waals surface area contributed by atoms with E-state index in [9.17, 15) is 4.79 Å². The number of carbonyl (C=O) groups is 1. The zero-order valence-electron chi connectivity index (χ0n) is 14.3. The highest BCUT2D eigenvalue weighted by Gasteiger charge is 2.11. The molecule has 1 aromatic carbocycles. The number of benzene rings is 1. The van der Waals surface area contributed by atoms with E-state index in [2.05, 4.69) is 44.9 Å². The van der Waals surface area contributed by atoms with Gasteiger partial charge in [-0.05, 0) is 40.5 Å². The van der Waals surface area contributed by atoms with Gasteiger partial charge in [-0.3, -0.25) is 9.89 Å². The van der Waals surface area contributed by atoms with Crippen LogP contribution < -0.4 is 5.32 Å². The Labute approximate surface area is 145 Å². The highest BCUT2D eigenvalue weighted by atomic mass is 16.1. The molecule has 2 aromatic heterocycles. The summed E-state index contributed by atoms with van der Waals surface area (Å²) in [5.74, 6) is 0.867. The molecule has 0 spiro atoms. The van der Waals surface area contributed by atoms with Crippen molar-refractivity contribution in [3.8, 4) is 5.69 Å². The standard InChI is InChI=1S/C17H21N7O/c1-3-4-12(2)15-10-16(21-20-15)19-17(25)9-13-5-7-14(8-6-13)24-11-18-22-23-24/h5-8,10-12H,3-4,9H2,1-2H3,(H2,19,20,21,25)/t12-/m1/s1. The van der Waals surface area contributed by atoms with Gasteiger partial charge in [0.15, 0.2) is 5.82 Å². The van der Waals surface area contributed by atoms with Crippen molar-refractivity contribution in [3.05, 3.63) is 47.9 Å². The average Bonchev–Trinajstić information content (AvgIpc) is 3.27. The number of anilines is 1. The summed E-state index contributed by atoms with van der Waals surface area (Å²) in [6, 6.07) is 9.42. The minimum absolute atomic E-state index is 0.101. The van der Waals surface area contributed by atoms with E-state index in [1.165, 1.54) is 6.33 Å². The van der Waals surface area contributed by atoms with Crippen LogP contribution in [-0.2, 0) is 11.2 Å². The summed E-state index contributed by atoms with van der Waals surface area (Å²) in [7, 11) is 0. The molecule has 1 amide bonds. The zero-order chi connectivity index (χ0) is 17.6. The lowest BCUT2D eigenvalue weighted by Crippen LogP contribution is -2.14. The molecule has 0 fully saturated rings. The quantitative estimate of drug-likeness (QED) is 0.688. The number of hydrogen-bond acceptors (Lipinski definition) is 5. The van der Waals surface area contributed by atoms with Crippen LogP contribution in [0.25, 0.3) is 5.69 Å². The lowest BCUT2D eigenvalue weighted by atomic mass is 10.0. The number of amides is 1. The lowest BCUT2D eigenvalue weighted by Gasteiger charge is -2.05. The van der Waals surface area contributed by atoms with Crippen molar-refractivity contribution in [2.24, 2.45) is 0 Å². The SMILES string of the molecule is CCC[C@@H](C)c1cc(NC(=O)Cc2ccc(-n3cnnn3)cc2)n[nH]1. The van der Waals surface area contributed by atoms with Crippen molar-refractivity contribution in [3.63, 3.8) is 0 Å². The molecule has 1 atom stereocenters. The van der Waals surface area contributed by atoms with Crippen LogP contribution in [0.4, 0.5) is 5.82 Å². The number of H-pyrrole nitrogens is 1. The number of nitrogens with zero attached hydrogens (tertiary/aromatic N) is 5. The number of tetrazole rings is 1. The molecule has 25 heavy (non-hydrogen) atoms. The second-order valence-corrected chi connectivity index (χ2v) is 6.04. The molecule has 0 aliphatic heterocycles. The first-order chi connectivity index (χ1) is 12.2. The van der Waals surface area contributed by atoms with E-state index in [0.29, 0.717) is 11.7 Å². The van der Waals surface area contributed by atoms with Gasteiger partial charge in [-0.15, -0.1) is 5.10 Å². The second-order valence-electron chi connectivity index (χ2n) is 6.04. The van der Waals surface area contributed by atoms with Crippen LogP contribution in [0.15, 0.2) is 36.7 Å². The predicted octanol–water partition coefficient (Wildman–Crippen LogP) is 2.47. The maximum Gasteiger partial charge on any atom is 0.229 e. The molecule has 0 aliphatic carbocycles. The Hall–Kier alpha value is -3.03. The molecular formula is C17H21N7O. The Kier molecular flexibility index (Phi) is 5.17. The van der Waals surface area contributed by atoms with E-state index >= 15 is 0 Å². The van der Waals surface area contributed by atoms with Gasteiger partial charge in [0.2, 0.25) is 5.91 Å². The second kappa shape index (κ2) is 7.69. The van der Waals surface area contributed by atoms with Gasteiger partial charge >= 0.3 is 0 Å². The van der Waals surface area contributed by atoms with Crippen LogP contribution in [0.2, 0.25) is 0 Å². The minimum Gasteiger partial charge on any atom is -0.309 e. The number of aromatic nitrogens is 6. The molecule has 0 bridgehead atoms. The molecular weight excluding hydrogens is 318 g/mol. The molecule has 0 radical (unpaired) electrons. The van der Waals surface area contributed by atoms with E-state index in [1.807, 2.05) is 30.3 Å². The third-order valence-corrected chi connectivity index (χ3v) is 4.03. The summed E-state index contributed by atoms with van der Waals surface area (Å²) in [6.45, 7) is 4.30. The van der Waals surface area contributed by atoms with Crippen molar-refractivity contribution >= 4 is 11.7 Å². The Morgan fingerprint density at radius 2 is 2.12 bits per heavy atom. The van der Waals surface area contributed by atoms with E-state index < -0.39 is 0 Å². The van der Waals surface area contributed by atoms with E-state index in [1.54, 1.807) is 4.68 Å². The average molecular weight is 339 g/mol. The summed E-state index contributed by atoms with van der Waals surface area (Å²) in [5.41, 5.74) is 2.79. The lowest BCUT2D eigenvalue weighted by molar-refractivity contribution is -0.115. The first-order valence-corrected chi connectivity index (χ1v) is 8.33. The smallest absolute Gasteiger partial charge is 0.229 e. The van der Waals surface area contributed by atoms with Gasteiger partial charge in [-0.25, -0.2) is 4.68 Å². The molecule has 2 N–H and O–H groups in total. The van der Waals surface area contributed by atoms with Crippen LogP contribution >= 0.6 is 0 Å². The number of aromatic amines is 1. The van der Waals surface area contributed by atoms with Crippen LogP contribution in [0.3, 0.4) is 0 Å². The molecule has 8 heteroatoms. The van der Waals surface area contributed by atoms with Gasteiger partial charge in [0.25, 0.3) is 0 Å². The maximum atomic E-state index is 12.2. The number of rotatable bonds is 7. The molecule has 130 valence electrons. The van der Waals surface area contributed by atoms with Crippen LogP contribution in [0.5, 0.6) is 0 Å². The molecule has 8 nitrogen and oxygen atoms in total.